The molecule has 3 N–H and O–H groups in total. The molecule has 33 heavy (non-hydrogen) atoms. The van der Waals surface area contributed by atoms with Crippen LogP contribution in [0.15, 0.2) is 24.3 Å². The largest absolute Gasteiger partial charge is 0.491 e. The van der Waals surface area contributed by atoms with E-state index in [1.54, 1.807) is 11.8 Å². The van der Waals surface area contributed by atoms with Gasteiger partial charge in [0.15, 0.2) is 0 Å². The molecule has 5 atom stereocenters. The molecular weight excluding hydrogens is 457 g/mol. The van der Waals surface area contributed by atoms with E-state index in [2.05, 4.69) is 0 Å². The van der Waals surface area contributed by atoms with Crippen LogP contribution in [-0.4, -0.2) is 51.1 Å². The highest BCUT2D eigenvalue weighted by atomic mass is 32.2. The summed E-state index contributed by atoms with van der Waals surface area (Å²) in [6.45, 7) is 1.78. The Hall–Kier alpha value is -1.45. The number of aliphatic carboxylic acids is 1. The van der Waals surface area contributed by atoms with Crippen LogP contribution in [0.4, 0.5) is 13.2 Å². The second kappa shape index (κ2) is 13.4. The van der Waals surface area contributed by atoms with Crippen molar-refractivity contribution in [2.24, 2.45) is 11.8 Å². The van der Waals surface area contributed by atoms with E-state index in [1.165, 1.54) is 12.1 Å². The SMILES string of the molecule is CCC(CCCCCC1C(O)CCC1SCC(O)COc1cccc(C(F)(F)F)c1)C(=O)O. The highest BCUT2D eigenvalue weighted by molar-refractivity contribution is 7.99. The molecule has 188 valence electrons. The minimum absolute atomic E-state index is 0.0660. The van der Waals surface area contributed by atoms with Crippen LogP contribution in [0, 0.1) is 11.8 Å². The molecule has 0 aliphatic heterocycles. The quantitative estimate of drug-likeness (QED) is 0.302. The molecule has 2 rings (SSSR count). The minimum Gasteiger partial charge on any atom is -0.491 e. The zero-order valence-electron chi connectivity index (χ0n) is 19.0. The van der Waals surface area contributed by atoms with Gasteiger partial charge in [-0.3, -0.25) is 4.79 Å². The van der Waals surface area contributed by atoms with Gasteiger partial charge in [-0.1, -0.05) is 32.3 Å². The number of carbonyl (C=O) groups is 1. The Morgan fingerprint density at radius 2 is 2.00 bits per heavy atom. The summed E-state index contributed by atoms with van der Waals surface area (Å²) in [6, 6.07) is 4.59. The number of rotatable bonds is 14. The smallest absolute Gasteiger partial charge is 0.416 e. The monoisotopic (exact) mass is 492 g/mol. The molecule has 1 saturated carbocycles. The summed E-state index contributed by atoms with van der Waals surface area (Å²) in [5, 5.41) is 29.9. The maximum absolute atomic E-state index is 12.8. The fourth-order valence-electron chi connectivity index (χ4n) is 4.28. The maximum Gasteiger partial charge on any atom is 0.416 e. The first kappa shape index (κ1) is 27.8. The number of hydrogen-bond acceptors (Lipinski definition) is 5. The van der Waals surface area contributed by atoms with Gasteiger partial charge in [-0.15, -0.1) is 0 Å². The Morgan fingerprint density at radius 3 is 2.67 bits per heavy atom. The van der Waals surface area contributed by atoms with Gasteiger partial charge in [-0.25, -0.2) is 0 Å². The molecule has 1 aromatic rings. The molecule has 0 radical (unpaired) electrons. The zero-order valence-corrected chi connectivity index (χ0v) is 19.8. The Morgan fingerprint density at radius 1 is 1.24 bits per heavy atom. The summed E-state index contributed by atoms with van der Waals surface area (Å²) >= 11 is 1.58. The molecule has 0 spiro atoms. The fourth-order valence-corrected chi connectivity index (χ4v) is 5.72. The van der Waals surface area contributed by atoms with Crippen molar-refractivity contribution in [3.8, 4) is 5.75 Å². The molecule has 1 aliphatic carbocycles. The predicted molar refractivity (Wildman–Crippen MR) is 122 cm³/mol. The number of unbranched alkanes of at least 4 members (excludes halogenated alkanes) is 2. The van der Waals surface area contributed by atoms with E-state index in [9.17, 15) is 28.2 Å². The fraction of sp³-hybridized carbons (Fsp3) is 0.708. The lowest BCUT2D eigenvalue weighted by Gasteiger charge is -2.23. The average molecular weight is 493 g/mol. The molecule has 1 aromatic carbocycles. The normalized spacial score (nSPS) is 22.8. The van der Waals surface area contributed by atoms with Gasteiger partial charge in [0, 0.05) is 11.0 Å². The number of thioether (sulfide) groups is 1. The van der Waals surface area contributed by atoms with Gasteiger partial charge in [0.25, 0.3) is 0 Å². The van der Waals surface area contributed by atoms with Crippen LogP contribution in [0.1, 0.15) is 63.9 Å². The molecule has 1 aliphatic rings. The van der Waals surface area contributed by atoms with Gasteiger partial charge in [-0.2, -0.15) is 24.9 Å². The molecule has 0 aromatic heterocycles. The average Bonchev–Trinajstić information content (AvgIpc) is 3.12. The summed E-state index contributed by atoms with van der Waals surface area (Å²) < 4.78 is 43.7. The number of carboxylic acids is 1. The van der Waals surface area contributed by atoms with Crippen LogP contribution < -0.4 is 4.74 Å². The van der Waals surface area contributed by atoms with Crippen LogP contribution >= 0.6 is 11.8 Å². The molecule has 5 nitrogen and oxygen atoms in total. The molecule has 1 fully saturated rings. The van der Waals surface area contributed by atoms with E-state index in [-0.39, 0.29) is 35.5 Å². The Bertz CT molecular complexity index is 730. The van der Waals surface area contributed by atoms with E-state index in [0.29, 0.717) is 18.6 Å². The molecule has 0 bridgehead atoms. The lowest BCUT2D eigenvalue weighted by atomic mass is 9.94. The lowest BCUT2D eigenvalue weighted by Crippen LogP contribution is -2.25. The Labute approximate surface area is 197 Å². The first-order chi connectivity index (χ1) is 15.6. The van der Waals surface area contributed by atoms with E-state index in [4.69, 9.17) is 9.84 Å². The van der Waals surface area contributed by atoms with Crippen LogP contribution in [-0.2, 0) is 11.0 Å². The number of aliphatic hydroxyl groups is 2. The predicted octanol–water partition coefficient (Wildman–Crippen LogP) is 5.38. The van der Waals surface area contributed by atoms with Crippen LogP contribution in [0.3, 0.4) is 0 Å². The minimum atomic E-state index is -4.44. The van der Waals surface area contributed by atoms with Crippen LogP contribution in [0.5, 0.6) is 5.75 Å². The van der Waals surface area contributed by atoms with Gasteiger partial charge < -0.3 is 20.1 Å². The van der Waals surface area contributed by atoms with Gasteiger partial charge in [0.2, 0.25) is 0 Å². The molecule has 9 heteroatoms. The third-order valence-corrected chi connectivity index (χ3v) is 7.85. The molecule has 0 heterocycles. The first-order valence-electron chi connectivity index (χ1n) is 11.6. The number of benzene rings is 1. The van der Waals surface area contributed by atoms with Gasteiger partial charge in [0.1, 0.15) is 12.4 Å². The lowest BCUT2D eigenvalue weighted by molar-refractivity contribution is -0.142. The number of hydrogen-bond donors (Lipinski definition) is 3. The van der Waals surface area contributed by atoms with Crippen molar-refractivity contribution >= 4 is 17.7 Å². The molecular formula is C24H35F3O5S. The zero-order chi connectivity index (χ0) is 24.4. The third-order valence-electron chi connectivity index (χ3n) is 6.26. The van der Waals surface area contributed by atoms with E-state index < -0.39 is 23.8 Å². The number of alkyl halides is 3. The second-order valence-electron chi connectivity index (χ2n) is 8.75. The number of aliphatic hydroxyl groups excluding tert-OH is 2. The van der Waals surface area contributed by atoms with Crippen molar-refractivity contribution in [3.05, 3.63) is 29.8 Å². The van der Waals surface area contributed by atoms with Gasteiger partial charge in [-0.05, 0) is 56.2 Å². The van der Waals surface area contributed by atoms with Crippen LogP contribution in [0.25, 0.3) is 0 Å². The van der Waals surface area contributed by atoms with E-state index in [1.807, 2.05) is 6.92 Å². The van der Waals surface area contributed by atoms with Crippen LogP contribution in [0.2, 0.25) is 0 Å². The summed E-state index contributed by atoms with van der Waals surface area (Å²) in [4.78, 5) is 11.1. The van der Waals surface area contributed by atoms with Crippen molar-refractivity contribution < 1.29 is 38.0 Å². The Balaban J connectivity index is 1.70. The topological polar surface area (TPSA) is 87.0 Å². The van der Waals surface area contributed by atoms with Crippen molar-refractivity contribution in [2.45, 2.75) is 81.9 Å². The van der Waals surface area contributed by atoms with Gasteiger partial charge >= 0.3 is 12.1 Å². The van der Waals surface area contributed by atoms with E-state index >= 15 is 0 Å². The second-order valence-corrected chi connectivity index (χ2v) is 10.0. The molecule has 0 saturated heterocycles. The molecule has 0 amide bonds. The summed E-state index contributed by atoms with van der Waals surface area (Å²) in [7, 11) is 0. The van der Waals surface area contributed by atoms with Gasteiger partial charge in [0.05, 0.1) is 23.7 Å². The number of carboxylic acid groups (broad SMARTS) is 1. The number of ether oxygens (including phenoxy) is 1. The Kier molecular flexibility index (Phi) is 11.3. The summed E-state index contributed by atoms with van der Waals surface area (Å²) in [5.74, 6) is -0.450. The highest BCUT2D eigenvalue weighted by Crippen LogP contribution is 2.39. The molecule has 5 unspecified atom stereocenters. The maximum atomic E-state index is 12.8. The van der Waals surface area contributed by atoms with E-state index in [0.717, 1.165) is 50.7 Å². The summed E-state index contributed by atoms with van der Waals surface area (Å²) in [6.07, 6.45) is 0.813. The summed E-state index contributed by atoms with van der Waals surface area (Å²) in [5.41, 5.74) is -0.792. The first-order valence-corrected chi connectivity index (χ1v) is 12.7. The third kappa shape index (κ3) is 9.37. The number of halogens is 3. The highest BCUT2D eigenvalue weighted by Gasteiger charge is 2.35. The van der Waals surface area contributed by atoms with Crippen molar-refractivity contribution in [3.63, 3.8) is 0 Å². The standard InChI is InChI=1S/C24H35F3O5S/c1-2-16(23(30)31)7-4-3-5-10-20-21(29)11-12-22(20)33-15-18(28)14-32-19-9-6-8-17(13-19)24(25,26)27/h6,8-9,13,16,18,20-22,28-29H,2-5,7,10-12,14-15H2,1H3,(H,30,31). The van der Waals surface area contributed by atoms with Crippen molar-refractivity contribution in [1.29, 1.82) is 0 Å². The van der Waals surface area contributed by atoms with Crippen molar-refractivity contribution in [1.82, 2.24) is 0 Å². The van der Waals surface area contributed by atoms with Crippen molar-refractivity contribution in [2.75, 3.05) is 12.4 Å².